The third-order valence-electron chi connectivity index (χ3n) is 3.47. The van der Waals surface area contributed by atoms with Crippen molar-refractivity contribution in [2.75, 3.05) is 0 Å². The van der Waals surface area contributed by atoms with E-state index in [1.54, 1.807) is 0 Å². The maximum absolute atomic E-state index is 12.2. The monoisotopic (exact) mass is 220 g/mol. The summed E-state index contributed by atoms with van der Waals surface area (Å²) >= 11 is 0. The Morgan fingerprint density at radius 2 is 1.75 bits per heavy atom. The van der Waals surface area contributed by atoms with Crippen LogP contribution in [0.5, 0.6) is 0 Å². The summed E-state index contributed by atoms with van der Waals surface area (Å²) in [7, 11) is 0. The number of piperidine rings is 1. The van der Waals surface area contributed by atoms with E-state index in [0.29, 0.717) is 18.6 Å². The molecule has 0 aromatic carbocycles. The fourth-order valence-corrected chi connectivity index (χ4v) is 2.63. The van der Waals surface area contributed by atoms with E-state index in [1.165, 1.54) is 6.42 Å². The van der Waals surface area contributed by atoms with Gasteiger partial charge in [0.25, 0.3) is 0 Å². The highest BCUT2D eigenvalue weighted by atomic mass is 16.2. The highest BCUT2D eigenvalue weighted by molar-refractivity contribution is 5.76. The smallest absolute Gasteiger partial charge is 0.242 e. The van der Waals surface area contributed by atoms with Crippen LogP contribution < -0.4 is 0 Å². The van der Waals surface area contributed by atoms with Crippen LogP contribution in [0.25, 0.3) is 0 Å². The standard InChI is InChI=1S/C13H20N2O/c1-11-6-5-7-12(2)15(11)13(16)10-14-8-3-4-9-14/h3-4,8-9,11-12H,5-7,10H2,1-2H3. The zero-order valence-electron chi connectivity index (χ0n) is 10.1. The van der Waals surface area contributed by atoms with Gasteiger partial charge in [-0.1, -0.05) is 0 Å². The van der Waals surface area contributed by atoms with Crippen LogP contribution >= 0.6 is 0 Å². The van der Waals surface area contributed by atoms with Crippen molar-refractivity contribution in [3.8, 4) is 0 Å². The number of carbonyl (C=O) groups is 1. The Hall–Kier alpha value is -1.25. The molecule has 1 amide bonds. The lowest BCUT2D eigenvalue weighted by atomic mass is 9.97. The van der Waals surface area contributed by atoms with Crippen LogP contribution in [0.1, 0.15) is 33.1 Å². The van der Waals surface area contributed by atoms with Crippen molar-refractivity contribution in [3.05, 3.63) is 24.5 Å². The molecule has 0 N–H and O–H groups in total. The van der Waals surface area contributed by atoms with Crippen molar-refractivity contribution in [3.63, 3.8) is 0 Å². The second-order valence-electron chi connectivity index (χ2n) is 4.79. The molecule has 1 aliphatic heterocycles. The van der Waals surface area contributed by atoms with Gasteiger partial charge in [-0.2, -0.15) is 0 Å². The molecule has 1 fully saturated rings. The summed E-state index contributed by atoms with van der Waals surface area (Å²) in [5.41, 5.74) is 0. The van der Waals surface area contributed by atoms with Crippen molar-refractivity contribution in [2.24, 2.45) is 0 Å². The zero-order valence-corrected chi connectivity index (χ0v) is 10.1. The third-order valence-corrected chi connectivity index (χ3v) is 3.47. The quantitative estimate of drug-likeness (QED) is 0.750. The van der Waals surface area contributed by atoms with Crippen molar-refractivity contribution >= 4 is 5.91 Å². The Morgan fingerprint density at radius 3 is 2.31 bits per heavy atom. The highest BCUT2D eigenvalue weighted by Gasteiger charge is 2.28. The molecule has 3 nitrogen and oxygen atoms in total. The van der Waals surface area contributed by atoms with Crippen LogP contribution in [0.2, 0.25) is 0 Å². The van der Waals surface area contributed by atoms with Gasteiger partial charge >= 0.3 is 0 Å². The molecule has 2 rings (SSSR count). The summed E-state index contributed by atoms with van der Waals surface area (Å²) in [5, 5.41) is 0. The van der Waals surface area contributed by atoms with Gasteiger partial charge in [0.2, 0.25) is 5.91 Å². The van der Waals surface area contributed by atoms with Gasteiger partial charge in [-0.15, -0.1) is 0 Å². The Morgan fingerprint density at radius 1 is 1.19 bits per heavy atom. The molecular formula is C13H20N2O. The molecule has 2 unspecified atom stereocenters. The van der Waals surface area contributed by atoms with E-state index < -0.39 is 0 Å². The third kappa shape index (κ3) is 2.29. The molecule has 16 heavy (non-hydrogen) atoms. The van der Waals surface area contributed by atoms with Crippen LogP contribution in [0.15, 0.2) is 24.5 Å². The molecule has 0 radical (unpaired) electrons. The molecule has 2 atom stereocenters. The lowest BCUT2D eigenvalue weighted by Crippen LogP contribution is -2.48. The molecule has 3 heteroatoms. The fraction of sp³-hybridized carbons (Fsp3) is 0.615. The highest BCUT2D eigenvalue weighted by Crippen LogP contribution is 2.22. The van der Waals surface area contributed by atoms with E-state index in [4.69, 9.17) is 0 Å². The molecule has 0 saturated carbocycles. The molecule has 0 aliphatic carbocycles. The SMILES string of the molecule is CC1CCCC(C)N1C(=O)Cn1cccc1. The van der Waals surface area contributed by atoms with Crippen LogP contribution in [0, 0.1) is 0 Å². The Balaban J connectivity index is 2.02. The van der Waals surface area contributed by atoms with Crippen molar-refractivity contribution < 1.29 is 4.79 Å². The average molecular weight is 220 g/mol. The Labute approximate surface area is 97.1 Å². The van der Waals surface area contributed by atoms with Crippen LogP contribution in [-0.2, 0) is 11.3 Å². The molecular weight excluding hydrogens is 200 g/mol. The molecule has 1 aromatic heterocycles. The summed E-state index contributed by atoms with van der Waals surface area (Å²) in [6.07, 6.45) is 7.41. The predicted molar refractivity (Wildman–Crippen MR) is 64.1 cm³/mol. The molecule has 88 valence electrons. The number of hydrogen-bond donors (Lipinski definition) is 0. The molecule has 2 heterocycles. The first kappa shape index (κ1) is 11.2. The normalized spacial score (nSPS) is 25.8. The van der Waals surface area contributed by atoms with Gasteiger partial charge in [-0.3, -0.25) is 4.79 Å². The van der Waals surface area contributed by atoms with Crippen molar-refractivity contribution in [1.82, 2.24) is 9.47 Å². The van der Waals surface area contributed by atoms with E-state index in [2.05, 4.69) is 18.7 Å². The largest absolute Gasteiger partial charge is 0.345 e. The summed E-state index contributed by atoms with van der Waals surface area (Å²) in [5.74, 6) is 0.246. The minimum atomic E-state index is 0.246. The minimum absolute atomic E-state index is 0.246. The van der Waals surface area contributed by atoms with Crippen LogP contribution in [-0.4, -0.2) is 27.5 Å². The topological polar surface area (TPSA) is 25.2 Å². The van der Waals surface area contributed by atoms with Gasteiger partial charge in [0.05, 0.1) is 0 Å². The number of hydrogen-bond acceptors (Lipinski definition) is 1. The summed E-state index contributed by atoms with van der Waals surface area (Å²) in [4.78, 5) is 14.3. The van der Waals surface area contributed by atoms with Gasteiger partial charge in [-0.25, -0.2) is 0 Å². The summed E-state index contributed by atoms with van der Waals surface area (Å²) in [6.45, 7) is 4.79. The Bertz CT molecular complexity index is 335. The molecule has 1 saturated heterocycles. The van der Waals surface area contributed by atoms with Crippen LogP contribution in [0.3, 0.4) is 0 Å². The number of amides is 1. The van der Waals surface area contributed by atoms with Gasteiger partial charge in [-0.05, 0) is 45.2 Å². The molecule has 0 bridgehead atoms. The average Bonchev–Trinajstić information content (AvgIpc) is 2.70. The van der Waals surface area contributed by atoms with E-state index in [9.17, 15) is 4.79 Å². The number of likely N-dealkylation sites (tertiary alicyclic amines) is 1. The number of carbonyl (C=O) groups excluding carboxylic acids is 1. The number of nitrogens with zero attached hydrogens (tertiary/aromatic N) is 2. The van der Waals surface area contributed by atoms with Crippen molar-refractivity contribution in [1.29, 1.82) is 0 Å². The number of aromatic nitrogens is 1. The first-order valence-corrected chi connectivity index (χ1v) is 6.10. The number of rotatable bonds is 2. The molecule has 1 aromatic rings. The van der Waals surface area contributed by atoms with E-state index in [1.807, 2.05) is 29.1 Å². The molecule has 0 spiro atoms. The lowest BCUT2D eigenvalue weighted by Gasteiger charge is -2.39. The van der Waals surface area contributed by atoms with E-state index >= 15 is 0 Å². The first-order chi connectivity index (χ1) is 7.68. The fourth-order valence-electron chi connectivity index (χ4n) is 2.63. The van der Waals surface area contributed by atoms with E-state index in [0.717, 1.165) is 12.8 Å². The maximum Gasteiger partial charge on any atom is 0.242 e. The summed E-state index contributed by atoms with van der Waals surface area (Å²) < 4.78 is 1.94. The zero-order chi connectivity index (χ0) is 11.5. The first-order valence-electron chi connectivity index (χ1n) is 6.10. The van der Waals surface area contributed by atoms with Crippen molar-refractivity contribution in [2.45, 2.75) is 51.7 Å². The molecule has 1 aliphatic rings. The minimum Gasteiger partial charge on any atom is -0.345 e. The second-order valence-corrected chi connectivity index (χ2v) is 4.79. The lowest BCUT2D eigenvalue weighted by molar-refractivity contribution is -0.137. The summed E-state index contributed by atoms with van der Waals surface area (Å²) in [6, 6.07) is 4.70. The van der Waals surface area contributed by atoms with E-state index in [-0.39, 0.29) is 5.91 Å². The van der Waals surface area contributed by atoms with Gasteiger partial charge in [0.15, 0.2) is 0 Å². The predicted octanol–water partition coefficient (Wildman–Crippen LogP) is 2.28. The Kier molecular flexibility index (Phi) is 3.32. The van der Waals surface area contributed by atoms with Gasteiger partial charge < -0.3 is 9.47 Å². The van der Waals surface area contributed by atoms with Gasteiger partial charge in [0, 0.05) is 24.5 Å². The second kappa shape index (κ2) is 4.73. The maximum atomic E-state index is 12.2. The van der Waals surface area contributed by atoms with Crippen LogP contribution in [0.4, 0.5) is 0 Å². The van der Waals surface area contributed by atoms with Gasteiger partial charge in [0.1, 0.15) is 6.54 Å².